The van der Waals surface area contributed by atoms with E-state index in [9.17, 15) is 4.79 Å². The van der Waals surface area contributed by atoms with Gasteiger partial charge in [-0.1, -0.05) is 6.07 Å². The third-order valence-electron chi connectivity index (χ3n) is 2.63. The first-order valence-electron chi connectivity index (χ1n) is 5.98. The minimum atomic E-state index is -0.453. The topological polar surface area (TPSA) is 78.1 Å². The predicted molar refractivity (Wildman–Crippen MR) is 77.8 cm³/mol. The van der Waals surface area contributed by atoms with E-state index >= 15 is 0 Å². The van der Waals surface area contributed by atoms with Crippen LogP contribution in [0.4, 0.5) is 5.69 Å². The van der Waals surface area contributed by atoms with E-state index < -0.39 is 5.97 Å². The van der Waals surface area contributed by atoms with Crippen LogP contribution in [0.2, 0.25) is 0 Å². The average Bonchev–Trinajstić information content (AvgIpc) is 2.39. The number of methoxy groups -OCH3 is 1. The monoisotopic (exact) mass is 289 g/mol. The summed E-state index contributed by atoms with van der Waals surface area (Å²) in [6.45, 7) is 3.82. The molecule has 104 valence electrons. The lowest BCUT2D eigenvalue weighted by Gasteiger charge is -2.09. The van der Waals surface area contributed by atoms with E-state index in [1.54, 1.807) is 12.1 Å². The zero-order chi connectivity index (χ0) is 14.7. The first-order chi connectivity index (χ1) is 9.51. The van der Waals surface area contributed by atoms with Gasteiger partial charge in [0, 0.05) is 16.3 Å². The average molecular weight is 289 g/mol. The number of benzene rings is 1. The largest absolute Gasteiger partial charge is 0.465 e. The van der Waals surface area contributed by atoms with E-state index in [0.717, 1.165) is 16.3 Å². The molecule has 2 aromatic rings. The summed E-state index contributed by atoms with van der Waals surface area (Å²) < 4.78 is 4.70. The number of hydrogen-bond acceptors (Lipinski definition) is 6. The van der Waals surface area contributed by atoms with Gasteiger partial charge in [-0.2, -0.15) is 0 Å². The molecule has 5 nitrogen and oxygen atoms in total. The Morgan fingerprint density at radius 1 is 1.25 bits per heavy atom. The van der Waals surface area contributed by atoms with Crippen LogP contribution < -0.4 is 5.73 Å². The summed E-state index contributed by atoms with van der Waals surface area (Å²) in [5.74, 6) is -0.453. The van der Waals surface area contributed by atoms with E-state index in [1.807, 2.05) is 26.0 Å². The van der Waals surface area contributed by atoms with Crippen molar-refractivity contribution in [3.05, 3.63) is 41.2 Å². The molecule has 0 saturated carbocycles. The minimum Gasteiger partial charge on any atom is -0.465 e. The van der Waals surface area contributed by atoms with Crippen molar-refractivity contribution in [1.29, 1.82) is 0 Å². The molecule has 20 heavy (non-hydrogen) atoms. The fourth-order valence-corrected chi connectivity index (χ4v) is 2.70. The number of aromatic nitrogens is 2. The molecule has 0 aliphatic carbocycles. The van der Waals surface area contributed by atoms with Crippen molar-refractivity contribution in [2.45, 2.75) is 23.9 Å². The second-order valence-electron chi connectivity index (χ2n) is 4.24. The van der Waals surface area contributed by atoms with Gasteiger partial charge in [-0.05, 0) is 43.8 Å². The van der Waals surface area contributed by atoms with Crippen LogP contribution in [-0.4, -0.2) is 23.0 Å². The maximum absolute atomic E-state index is 11.6. The SMILES string of the molecule is COC(=O)c1cccc(Sc2nc(C)cc(C)n2)c1N. The maximum Gasteiger partial charge on any atom is 0.339 e. The first-order valence-corrected chi connectivity index (χ1v) is 6.80. The molecule has 0 unspecified atom stereocenters. The number of aryl methyl sites for hydroxylation is 2. The summed E-state index contributed by atoms with van der Waals surface area (Å²) in [6.07, 6.45) is 0. The molecule has 6 heteroatoms. The number of carbonyl (C=O) groups excluding carboxylic acids is 1. The molecule has 1 aromatic carbocycles. The van der Waals surface area contributed by atoms with Crippen molar-refractivity contribution in [1.82, 2.24) is 9.97 Å². The minimum absolute atomic E-state index is 0.349. The van der Waals surface area contributed by atoms with Gasteiger partial charge in [0.1, 0.15) is 0 Å². The molecule has 0 spiro atoms. The molecular formula is C14H15N3O2S. The lowest BCUT2D eigenvalue weighted by molar-refractivity contribution is 0.0601. The Morgan fingerprint density at radius 2 is 1.90 bits per heavy atom. The normalized spacial score (nSPS) is 10.3. The van der Waals surface area contributed by atoms with Gasteiger partial charge in [0.2, 0.25) is 0 Å². The van der Waals surface area contributed by atoms with Crippen LogP contribution in [0.15, 0.2) is 34.3 Å². The highest BCUT2D eigenvalue weighted by molar-refractivity contribution is 7.99. The second-order valence-corrected chi connectivity index (χ2v) is 5.25. The molecule has 0 aliphatic rings. The molecular weight excluding hydrogens is 274 g/mol. The van der Waals surface area contributed by atoms with Crippen LogP contribution in [0.3, 0.4) is 0 Å². The third-order valence-corrected chi connectivity index (χ3v) is 3.58. The van der Waals surface area contributed by atoms with E-state index in [-0.39, 0.29) is 0 Å². The van der Waals surface area contributed by atoms with Gasteiger partial charge >= 0.3 is 5.97 Å². The number of rotatable bonds is 3. The summed E-state index contributed by atoms with van der Waals surface area (Å²) in [6, 6.07) is 7.12. The number of anilines is 1. The first kappa shape index (κ1) is 14.3. The van der Waals surface area contributed by atoms with E-state index in [2.05, 4.69) is 9.97 Å². The predicted octanol–water partition coefficient (Wildman–Crippen LogP) is 2.61. The molecule has 0 amide bonds. The Balaban J connectivity index is 2.36. The highest BCUT2D eigenvalue weighted by atomic mass is 32.2. The number of nitrogens with two attached hydrogens (primary N) is 1. The van der Waals surface area contributed by atoms with Crippen LogP contribution in [0.25, 0.3) is 0 Å². The molecule has 2 N–H and O–H groups in total. The van der Waals surface area contributed by atoms with Crippen LogP contribution in [0.1, 0.15) is 21.7 Å². The van der Waals surface area contributed by atoms with E-state index in [1.165, 1.54) is 18.9 Å². The maximum atomic E-state index is 11.6. The summed E-state index contributed by atoms with van der Waals surface area (Å²) in [5.41, 5.74) is 8.52. The fourth-order valence-electron chi connectivity index (χ4n) is 1.76. The van der Waals surface area contributed by atoms with E-state index in [4.69, 9.17) is 10.5 Å². The second kappa shape index (κ2) is 5.92. The molecule has 0 saturated heterocycles. The Morgan fingerprint density at radius 3 is 2.50 bits per heavy atom. The van der Waals surface area contributed by atoms with Gasteiger partial charge in [-0.3, -0.25) is 0 Å². The highest BCUT2D eigenvalue weighted by Crippen LogP contribution is 2.32. The number of hydrogen-bond donors (Lipinski definition) is 1. The quantitative estimate of drug-likeness (QED) is 0.531. The highest BCUT2D eigenvalue weighted by Gasteiger charge is 2.14. The Labute approximate surface area is 121 Å². The molecule has 1 heterocycles. The smallest absolute Gasteiger partial charge is 0.339 e. The number of ether oxygens (including phenoxy) is 1. The zero-order valence-corrected chi connectivity index (χ0v) is 12.3. The lowest BCUT2D eigenvalue weighted by atomic mass is 10.2. The van der Waals surface area contributed by atoms with Crippen molar-refractivity contribution in [2.24, 2.45) is 0 Å². The molecule has 0 radical (unpaired) electrons. The van der Waals surface area contributed by atoms with Crippen molar-refractivity contribution in [3.63, 3.8) is 0 Å². The summed E-state index contributed by atoms with van der Waals surface area (Å²) in [5, 5.41) is 0.608. The molecule has 0 fully saturated rings. The summed E-state index contributed by atoms with van der Waals surface area (Å²) in [7, 11) is 1.33. The molecule has 2 rings (SSSR count). The Kier molecular flexibility index (Phi) is 4.24. The standard InChI is InChI=1S/C14H15N3O2S/c1-8-7-9(2)17-14(16-8)20-11-6-4-5-10(12(11)15)13(18)19-3/h4-7H,15H2,1-3H3. The van der Waals surface area contributed by atoms with Gasteiger partial charge in [-0.15, -0.1) is 0 Å². The Bertz CT molecular complexity index is 639. The molecule has 1 aromatic heterocycles. The van der Waals surface area contributed by atoms with Crippen LogP contribution >= 0.6 is 11.8 Å². The van der Waals surface area contributed by atoms with Crippen molar-refractivity contribution in [3.8, 4) is 0 Å². The number of esters is 1. The van der Waals surface area contributed by atoms with Gasteiger partial charge in [-0.25, -0.2) is 14.8 Å². The Hall–Kier alpha value is -2.08. The molecule has 0 bridgehead atoms. The van der Waals surface area contributed by atoms with Crippen LogP contribution in [-0.2, 0) is 4.74 Å². The van der Waals surface area contributed by atoms with Crippen LogP contribution in [0, 0.1) is 13.8 Å². The number of nitrogen functional groups attached to an aromatic ring is 1. The van der Waals surface area contributed by atoms with Gasteiger partial charge in [0.15, 0.2) is 5.16 Å². The number of carbonyl (C=O) groups is 1. The van der Waals surface area contributed by atoms with Gasteiger partial charge < -0.3 is 10.5 Å². The summed E-state index contributed by atoms with van der Waals surface area (Å²) in [4.78, 5) is 21.0. The lowest BCUT2D eigenvalue weighted by Crippen LogP contribution is -2.06. The van der Waals surface area contributed by atoms with Crippen molar-refractivity contribution >= 4 is 23.4 Å². The van der Waals surface area contributed by atoms with Crippen molar-refractivity contribution < 1.29 is 9.53 Å². The number of para-hydroxylation sites is 1. The number of nitrogens with zero attached hydrogens (tertiary/aromatic N) is 2. The van der Waals surface area contributed by atoms with E-state index in [0.29, 0.717) is 16.4 Å². The van der Waals surface area contributed by atoms with Crippen LogP contribution in [0.5, 0.6) is 0 Å². The van der Waals surface area contributed by atoms with Gasteiger partial charge in [0.25, 0.3) is 0 Å². The van der Waals surface area contributed by atoms with Crippen molar-refractivity contribution in [2.75, 3.05) is 12.8 Å². The third kappa shape index (κ3) is 3.08. The zero-order valence-electron chi connectivity index (χ0n) is 11.5. The molecule has 0 aliphatic heterocycles. The van der Waals surface area contributed by atoms with Gasteiger partial charge in [0.05, 0.1) is 18.4 Å². The fraction of sp³-hybridized carbons (Fsp3) is 0.214. The summed E-state index contributed by atoms with van der Waals surface area (Å²) >= 11 is 1.33. The molecule has 0 atom stereocenters.